The van der Waals surface area contributed by atoms with Gasteiger partial charge in [0.25, 0.3) is 0 Å². The van der Waals surface area contributed by atoms with Crippen LogP contribution in [0.25, 0.3) is 0 Å². The van der Waals surface area contributed by atoms with Gasteiger partial charge in [-0.1, -0.05) is 55.7 Å². The third-order valence-corrected chi connectivity index (χ3v) is 5.06. The first-order valence-corrected chi connectivity index (χ1v) is 9.09. The minimum absolute atomic E-state index is 0.0275. The molecule has 1 heterocycles. The molecule has 1 aliphatic carbocycles. The monoisotopic (exact) mass is 323 g/mol. The molecule has 0 radical (unpaired) electrons. The fourth-order valence-corrected chi connectivity index (χ4v) is 3.60. The Bertz CT molecular complexity index is 662. The highest BCUT2D eigenvalue weighted by Crippen LogP contribution is 2.35. The van der Waals surface area contributed by atoms with E-state index in [0.717, 1.165) is 18.0 Å². The molecular weight excluding hydrogens is 298 g/mol. The van der Waals surface area contributed by atoms with E-state index in [9.17, 15) is 0 Å². The summed E-state index contributed by atoms with van der Waals surface area (Å²) in [7, 11) is 0. The molecule has 0 unspecified atom stereocenters. The van der Waals surface area contributed by atoms with Gasteiger partial charge in [-0.05, 0) is 36.1 Å². The molecule has 1 N–H and O–H groups in total. The quantitative estimate of drug-likeness (QED) is 0.890. The molecule has 2 aliphatic rings. The highest BCUT2D eigenvalue weighted by Gasteiger charge is 2.22. The molecule has 0 amide bonds. The van der Waals surface area contributed by atoms with E-state index < -0.39 is 0 Å². The summed E-state index contributed by atoms with van der Waals surface area (Å²) in [5, 5.41) is 3.69. The average molecular weight is 323 g/mol. The summed E-state index contributed by atoms with van der Waals surface area (Å²) < 4.78 is 11.9. The molecule has 24 heavy (non-hydrogen) atoms. The number of hydrogen-bond donors (Lipinski definition) is 1. The van der Waals surface area contributed by atoms with Crippen molar-refractivity contribution in [3.05, 3.63) is 59.7 Å². The van der Waals surface area contributed by atoms with Gasteiger partial charge in [0.05, 0.1) is 0 Å². The number of nitrogens with one attached hydrogen (secondary N) is 1. The summed E-state index contributed by atoms with van der Waals surface area (Å²) >= 11 is 0. The van der Waals surface area contributed by atoms with Crippen LogP contribution in [-0.2, 0) is 6.54 Å². The molecule has 1 aliphatic heterocycles. The van der Waals surface area contributed by atoms with Gasteiger partial charge in [-0.25, -0.2) is 0 Å². The third kappa shape index (κ3) is 3.57. The van der Waals surface area contributed by atoms with E-state index in [1.54, 1.807) is 0 Å². The smallest absolute Gasteiger partial charge is 0.162 e. The van der Waals surface area contributed by atoms with Crippen LogP contribution in [0, 0.1) is 0 Å². The number of hydrogen-bond acceptors (Lipinski definition) is 3. The van der Waals surface area contributed by atoms with E-state index in [1.165, 1.54) is 43.2 Å². The number of ether oxygens (including phenoxy) is 2. The van der Waals surface area contributed by atoms with Crippen molar-refractivity contribution in [2.45, 2.75) is 50.8 Å². The SMILES string of the molecule is c1ccc2c(c1)OC[C@H](c1ccc(CNC3CCCCC3)cc1)O2. The van der Waals surface area contributed by atoms with Gasteiger partial charge in [0, 0.05) is 12.6 Å². The Hall–Kier alpha value is -2.00. The second-order valence-corrected chi connectivity index (χ2v) is 6.82. The number of rotatable bonds is 4. The number of fused-ring (bicyclic) bond motifs is 1. The second kappa shape index (κ2) is 7.27. The van der Waals surface area contributed by atoms with E-state index in [2.05, 4.69) is 29.6 Å². The van der Waals surface area contributed by atoms with E-state index in [0.29, 0.717) is 12.6 Å². The lowest BCUT2D eigenvalue weighted by Crippen LogP contribution is -2.30. The Kier molecular flexibility index (Phi) is 4.70. The summed E-state index contributed by atoms with van der Waals surface area (Å²) in [6.45, 7) is 1.52. The van der Waals surface area contributed by atoms with Crippen LogP contribution < -0.4 is 14.8 Å². The standard InChI is InChI=1S/C21H25NO2/c1-2-6-18(7-3-1)22-14-16-10-12-17(13-11-16)21-15-23-19-8-4-5-9-20(19)24-21/h4-5,8-13,18,21-22H,1-3,6-7,14-15H2/t21-/m1/s1. The Morgan fingerprint density at radius 1 is 0.875 bits per heavy atom. The summed E-state index contributed by atoms with van der Waals surface area (Å²) in [5.74, 6) is 1.67. The van der Waals surface area contributed by atoms with Crippen LogP contribution in [0.3, 0.4) is 0 Å². The average Bonchev–Trinajstić information content (AvgIpc) is 2.67. The molecule has 2 aromatic carbocycles. The molecule has 1 atom stereocenters. The van der Waals surface area contributed by atoms with Crippen molar-refractivity contribution < 1.29 is 9.47 Å². The zero-order valence-corrected chi connectivity index (χ0v) is 14.0. The molecule has 126 valence electrons. The van der Waals surface area contributed by atoms with E-state index in [1.807, 2.05) is 24.3 Å². The van der Waals surface area contributed by atoms with Gasteiger partial charge < -0.3 is 14.8 Å². The van der Waals surface area contributed by atoms with E-state index in [-0.39, 0.29) is 6.10 Å². The van der Waals surface area contributed by atoms with Crippen molar-refractivity contribution in [3.63, 3.8) is 0 Å². The molecule has 1 saturated carbocycles. The van der Waals surface area contributed by atoms with Gasteiger partial charge in [0.2, 0.25) is 0 Å². The summed E-state index contributed by atoms with van der Waals surface area (Å²) in [6, 6.07) is 17.3. The van der Waals surface area contributed by atoms with E-state index in [4.69, 9.17) is 9.47 Å². The maximum absolute atomic E-state index is 6.07. The molecule has 0 bridgehead atoms. The number of benzene rings is 2. The first-order chi connectivity index (χ1) is 11.9. The fourth-order valence-electron chi connectivity index (χ4n) is 3.60. The molecule has 1 fully saturated rings. The van der Waals surface area contributed by atoms with Crippen molar-refractivity contribution >= 4 is 0 Å². The van der Waals surface area contributed by atoms with Crippen LogP contribution in [0.15, 0.2) is 48.5 Å². The maximum atomic E-state index is 6.07. The van der Waals surface area contributed by atoms with Gasteiger partial charge in [-0.2, -0.15) is 0 Å². The Morgan fingerprint density at radius 3 is 2.42 bits per heavy atom. The lowest BCUT2D eigenvalue weighted by molar-refractivity contribution is 0.0913. The van der Waals surface area contributed by atoms with Crippen LogP contribution in [0.4, 0.5) is 0 Å². The molecule has 2 aromatic rings. The van der Waals surface area contributed by atoms with Gasteiger partial charge in [-0.3, -0.25) is 0 Å². The molecule has 0 aromatic heterocycles. The van der Waals surface area contributed by atoms with Gasteiger partial charge in [0.15, 0.2) is 17.6 Å². The zero-order chi connectivity index (χ0) is 16.2. The molecule has 0 spiro atoms. The maximum Gasteiger partial charge on any atom is 0.162 e. The lowest BCUT2D eigenvalue weighted by Gasteiger charge is -2.27. The van der Waals surface area contributed by atoms with E-state index >= 15 is 0 Å². The first-order valence-electron chi connectivity index (χ1n) is 9.09. The van der Waals surface area contributed by atoms with Crippen LogP contribution in [0.1, 0.15) is 49.3 Å². The van der Waals surface area contributed by atoms with Crippen molar-refractivity contribution in [1.82, 2.24) is 5.32 Å². The van der Waals surface area contributed by atoms with Crippen LogP contribution in [0.5, 0.6) is 11.5 Å². The minimum atomic E-state index is -0.0275. The topological polar surface area (TPSA) is 30.5 Å². The summed E-state index contributed by atoms with van der Waals surface area (Å²) in [6.07, 6.45) is 6.77. The van der Waals surface area contributed by atoms with Gasteiger partial charge in [0.1, 0.15) is 6.61 Å². The molecule has 0 saturated heterocycles. The highest BCUT2D eigenvalue weighted by molar-refractivity contribution is 5.41. The highest BCUT2D eigenvalue weighted by atomic mass is 16.6. The van der Waals surface area contributed by atoms with Crippen molar-refractivity contribution in [1.29, 1.82) is 0 Å². The lowest BCUT2D eigenvalue weighted by atomic mass is 9.95. The Labute approximate surface area is 144 Å². The molecule has 4 rings (SSSR count). The number of para-hydroxylation sites is 2. The first kappa shape index (κ1) is 15.5. The normalized spacial score (nSPS) is 20.8. The predicted molar refractivity (Wildman–Crippen MR) is 95.5 cm³/mol. The van der Waals surface area contributed by atoms with Crippen molar-refractivity contribution in [3.8, 4) is 11.5 Å². The molecule has 3 nitrogen and oxygen atoms in total. The Morgan fingerprint density at radius 2 is 1.62 bits per heavy atom. The molecular formula is C21H25NO2. The third-order valence-electron chi connectivity index (χ3n) is 5.06. The van der Waals surface area contributed by atoms with Crippen LogP contribution >= 0.6 is 0 Å². The van der Waals surface area contributed by atoms with Crippen LogP contribution in [-0.4, -0.2) is 12.6 Å². The van der Waals surface area contributed by atoms with Gasteiger partial charge in [-0.15, -0.1) is 0 Å². The van der Waals surface area contributed by atoms with Gasteiger partial charge >= 0.3 is 0 Å². The predicted octanol–water partition coefficient (Wildman–Crippen LogP) is 4.62. The zero-order valence-electron chi connectivity index (χ0n) is 14.0. The second-order valence-electron chi connectivity index (χ2n) is 6.82. The Balaban J connectivity index is 1.36. The summed E-state index contributed by atoms with van der Waals surface area (Å²) in [5.41, 5.74) is 2.51. The summed E-state index contributed by atoms with van der Waals surface area (Å²) in [4.78, 5) is 0. The van der Waals surface area contributed by atoms with Crippen LogP contribution in [0.2, 0.25) is 0 Å². The minimum Gasteiger partial charge on any atom is -0.485 e. The van der Waals surface area contributed by atoms with Crippen molar-refractivity contribution in [2.24, 2.45) is 0 Å². The van der Waals surface area contributed by atoms with Crippen molar-refractivity contribution in [2.75, 3.05) is 6.61 Å². The molecule has 3 heteroatoms. The fraction of sp³-hybridized carbons (Fsp3) is 0.429. The largest absolute Gasteiger partial charge is 0.485 e.